The third-order valence-corrected chi connectivity index (χ3v) is 8.84. The van der Waals surface area contributed by atoms with E-state index in [4.69, 9.17) is 14.0 Å². The highest BCUT2D eigenvalue weighted by Gasteiger charge is 2.47. The van der Waals surface area contributed by atoms with Crippen LogP contribution in [0.4, 0.5) is 16.2 Å². The number of rotatable bonds is 5. The van der Waals surface area contributed by atoms with Crippen LogP contribution in [0.3, 0.4) is 0 Å². The Bertz CT molecular complexity index is 1280. The predicted octanol–water partition coefficient (Wildman–Crippen LogP) is 5.88. The summed E-state index contributed by atoms with van der Waals surface area (Å²) in [7, 11) is 0. The molecule has 1 aliphatic carbocycles. The molecule has 1 aromatic carbocycles. The molecule has 0 bridgehead atoms. The van der Waals surface area contributed by atoms with Crippen molar-refractivity contribution in [3.63, 3.8) is 0 Å². The van der Waals surface area contributed by atoms with Crippen molar-refractivity contribution in [3.05, 3.63) is 41.3 Å². The lowest BCUT2D eigenvalue weighted by Gasteiger charge is -2.34. The molecule has 1 saturated carbocycles. The third kappa shape index (κ3) is 6.64. The molecule has 10 nitrogen and oxygen atoms in total. The molecule has 1 spiro atoms. The molecule has 1 saturated heterocycles. The second-order valence-electron chi connectivity index (χ2n) is 13.1. The Balaban J connectivity index is 1.42. The van der Waals surface area contributed by atoms with Crippen molar-refractivity contribution in [1.82, 2.24) is 10.5 Å². The van der Waals surface area contributed by atoms with Gasteiger partial charge in [-0.15, -0.1) is 0 Å². The minimum atomic E-state index is -0.720. The van der Waals surface area contributed by atoms with Gasteiger partial charge in [-0.3, -0.25) is 14.5 Å². The van der Waals surface area contributed by atoms with Crippen LogP contribution < -0.4 is 15.5 Å². The fraction of sp³-hybridized carbons (Fsp3) is 0.625. The fourth-order valence-electron chi connectivity index (χ4n) is 6.59. The zero-order valence-corrected chi connectivity index (χ0v) is 25.3. The van der Waals surface area contributed by atoms with E-state index in [1.165, 1.54) is 12.7 Å². The van der Waals surface area contributed by atoms with Crippen molar-refractivity contribution in [3.8, 4) is 0 Å². The summed E-state index contributed by atoms with van der Waals surface area (Å²) >= 11 is 0. The van der Waals surface area contributed by atoms with Crippen LogP contribution in [0.1, 0.15) is 100 Å². The Morgan fingerprint density at radius 1 is 1.07 bits per heavy atom. The lowest BCUT2D eigenvalue weighted by molar-refractivity contribution is -0.119. The third-order valence-electron chi connectivity index (χ3n) is 8.84. The van der Waals surface area contributed by atoms with Gasteiger partial charge in [0.2, 0.25) is 5.91 Å². The molecule has 3 amide bonds. The molecule has 3 heterocycles. The van der Waals surface area contributed by atoms with E-state index in [-0.39, 0.29) is 23.1 Å². The number of nitrogens with one attached hydrogen (secondary N) is 2. The zero-order chi connectivity index (χ0) is 29.9. The molecule has 10 heteroatoms. The topological polar surface area (TPSA) is 123 Å². The number of aryl methyl sites for hydroxylation is 1. The standard InChI is InChI=1S/C32H44N4O6/c1-21-24(19-41-35-21)28(37)34-27(22-10-8-6-5-7-9-11-22)29(38)33-23-12-13-25-26(18-23)36(30(39)42-31(2,3)4)20-32(25)14-16-40-17-15-32/h12-13,18-19,22,27H,5-11,14-17,20H2,1-4H3,(H,33,38)(H,34,37). The zero-order valence-electron chi connectivity index (χ0n) is 25.3. The largest absolute Gasteiger partial charge is 0.443 e. The Morgan fingerprint density at radius 3 is 2.40 bits per heavy atom. The number of ether oxygens (including phenoxy) is 2. The normalized spacial score (nSPS) is 19.9. The van der Waals surface area contributed by atoms with E-state index in [1.807, 2.05) is 39.0 Å². The van der Waals surface area contributed by atoms with Crippen molar-refractivity contribution in [2.75, 3.05) is 30.0 Å². The molecule has 2 aliphatic heterocycles. The molecular weight excluding hydrogens is 536 g/mol. The van der Waals surface area contributed by atoms with E-state index in [0.29, 0.717) is 36.7 Å². The van der Waals surface area contributed by atoms with E-state index in [2.05, 4.69) is 15.8 Å². The lowest BCUT2D eigenvalue weighted by Crippen LogP contribution is -2.48. The van der Waals surface area contributed by atoms with E-state index in [9.17, 15) is 14.4 Å². The van der Waals surface area contributed by atoms with Gasteiger partial charge in [0.05, 0.1) is 11.4 Å². The maximum atomic E-state index is 13.9. The molecule has 0 radical (unpaired) electrons. The van der Waals surface area contributed by atoms with E-state index in [0.717, 1.165) is 62.6 Å². The van der Waals surface area contributed by atoms with Crippen LogP contribution in [-0.4, -0.2) is 54.5 Å². The van der Waals surface area contributed by atoms with Crippen LogP contribution in [0.25, 0.3) is 0 Å². The summed E-state index contributed by atoms with van der Waals surface area (Å²) in [5.74, 6) is -0.638. The first-order valence-electron chi connectivity index (χ1n) is 15.3. The maximum absolute atomic E-state index is 13.9. The van der Waals surface area contributed by atoms with E-state index in [1.54, 1.807) is 11.8 Å². The average molecular weight is 581 g/mol. The summed E-state index contributed by atoms with van der Waals surface area (Å²) < 4.78 is 16.4. The minimum absolute atomic E-state index is 0.00705. The molecule has 5 rings (SSSR count). The molecule has 2 N–H and O–H groups in total. The number of anilines is 2. The van der Waals surface area contributed by atoms with Gasteiger partial charge in [-0.2, -0.15) is 0 Å². The molecule has 2 aromatic rings. The Morgan fingerprint density at radius 2 is 1.76 bits per heavy atom. The van der Waals surface area contributed by atoms with Crippen LogP contribution in [0.2, 0.25) is 0 Å². The van der Waals surface area contributed by atoms with Crippen molar-refractivity contribution in [2.24, 2.45) is 5.92 Å². The van der Waals surface area contributed by atoms with Gasteiger partial charge in [-0.25, -0.2) is 4.79 Å². The second-order valence-corrected chi connectivity index (χ2v) is 13.1. The second kappa shape index (κ2) is 12.5. The molecular formula is C32H44N4O6. The fourth-order valence-corrected chi connectivity index (χ4v) is 6.59. The quantitative estimate of drug-likeness (QED) is 0.452. The maximum Gasteiger partial charge on any atom is 0.414 e. The van der Waals surface area contributed by atoms with Crippen LogP contribution >= 0.6 is 0 Å². The molecule has 2 fully saturated rings. The van der Waals surface area contributed by atoms with Gasteiger partial charge in [0.25, 0.3) is 5.91 Å². The van der Waals surface area contributed by atoms with Gasteiger partial charge in [-0.1, -0.05) is 43.3 Å². The van der Waals surface area contributed by atoms with E-state index >= 15 is 0 Å². The molecule has 1 atom stereocenters. The van der Waals surface area contributed by atoms with Gasteiger partial charge in [0, 0.05) is 30.9 Å². The summed E-state index contributed by atoms with van der Waals surface area (Å²) in [6, 6.07) is 5.06. The van der Waals surface area contributed by atoms with Crippen LogP contribution in [0.15, 0.2) is 29.0 Å². The smallest absolute Gasteiger partial charge is 0.414 e. The van der Waals surface area contributed by atoms with Gasteiger partial charge in [-0.05, 0) is 77.0 Å². The highest BCUT2D eigenvalue weighted by atomic mass is 16.6. The number of benzene rings is 1. The van der Waals surface area contributed by atoms with Crippen LogP contribution in [-0.2, 0) is 19.7 Å². The number of nitrogens with zero attached hydrogens (tertiary/aromatic N) is 2. The number of fused-ring (bicyclic) bond motifs is 2. The molecule has 42 heavy (non-hydrogen) atoms. The summed E-state index contributed by atoms with van der Waals surface area (Å²) in [6.07, 6.45) is 9.75. The lowest BCUT2D eigenvalue weighted by atomic mass is 9.76. The SMILES string of the molecule is Cc1nocc1C(=O)NC(C(=O)Nc1ccc2c(c1)N(C(=O)OC(C)(C)C)CC21CCOCC1)C1CCCCCCC1. The predicted molar refractivity (Wildman–Crippen MR) is 159 cm³/mol. The Hall–Kier alpha value is -3.40. The van der Waals surface area contributed by atoms with Crippen molar-refractivity contribution < 1.29 is 28.4 Å². The summed E-state index contributed by atoms with van der Waals surface area (Å²) in [5.41, 5.74) is 2.35. The van der Waals surface area contributed by atoms with Gasteiger partial charge >= 0.3 is 6.09 Å². The van der Waals surface area contributed by atoms with Crippen molar-refractivity contribution in [1.29, 1.82) is 0 Å². The molecule has 1 aromatic heterocycles. The minimum Gasteiger partial charge on any atom is -0.443 e. The number of carbonyl (C=O) groups is 3. The first-order valence-corrected chi connectivity index (χ1v) is 15.3. The van der Waals surface area contributed by atoms with Crippen LogP contribution in [0.5, 0.6) is 0 Å². The van der Waals surface area contributed by atoms with Crippen LogP contribution in [0, 0.1) is 12.8 Å². The first kappa shape index (κ1) is 30.1. The highest BCUT2D eigenvalue weighted by molar-refractivity contribution is 6.02. The number of amides is 3. The monoisotopic (exact) mass is 580 g/mol. The Labute approximate surface area is 247 Å². The van der Waals surface area contributed by atoms with Gasteiger partial charge in [0.1, 0.15) is 23.5 Å². The number of carbonyl (C=O) groups excluding carboxylic acids is 3. The number of hydrogen-bond acceptors (Lipinski definition) is 7. The first-order chi connectivity index (χ1) is 20.1. The average Bonchev–Trinajstić information content (AvgIpc) is 3.48. The van der Waals surface area contributed by atoms with Gasteiger partial charge < -0.3 is 24.6 Å². The van der Waals surface area contributed by atoms with Gasteiger partial charge in [0.15, 0.2) is 0 Å². The van der Waals surface area contributed by atoms with Crippen molar-refractivity contribution in [2.45, 2.75) is 103 Å². The Kier molecular flexibility index (Phi) is 8.92. The molecule has 3 aliphatic rings. The highest BCUT2D eigenvalue weighted by Crippen LogP contribution is 2.48. The van der Waals surface area contributed by atoms with E-state index < -0.39 is 17.7 Å². The van der Waals surface area contributed by atoms with Crippen molar-refractivity contribution >= 4 is 29.3 Å². The molecule has 228 valence electrons. The summed E-state index contributed by atoms with van der Waals surface area (Å²) in [6.45, 7) is 9.05. The number of aromatic nitrogens is 1. The summed E-state index contributed by atoms with van der Waals surface area (Å²) in [5, 5.41) is 9.90. The molecule has 1 unspecified atom stereocenters. The number of hydrogen-bond donors (Lipinski definition) is 2. The summed E-state index contributed by atoms with van der Waals surface area (Å²) in [4.78, 5) is 42.1.